The Morgan fingerprint density at radius 2 is 2.06 bits per heavy atom. The fraction of sp³-hybridized carbons (Fsp3) is 0.900. The van der Waals surface area contributed by atoms with Crippen LogP contribution >= 0.6 is 0 Å². The van der Waals surface area contributed by atoms with Crippen LogP contribution in [0.25, 0.3) is 0 Å². The Morgan fingerprint density at radius 1 is 1.38 bits per heavy atom. The van der Waals surface area contributed by atoms with Gasteiger partial charge in [-0.3, -0.25) is 4.79 Å². The summed E-state index contributed by atoms with van der Waals surface area (Å²) in [4.78, 5) is 11.4. The van der Waals surface area contributed by atoms with Gasteiger partial charge in [0.05, 0.1) is 6.26 Å². The van der Waals surface area contributed by atoms with Gasteiger partial charge in [-0.1, -0.05) is 0 Å². The predicted molar refractivity (Wildman–Crippen MR) is 60.3 cm³/mol. The second-order valence-electron chi connectivity index (χ2n) is 4.69. The third-order valence-corrected chi connectivity index (χ3v) is 4.54. The number of carbonyl (C=O) groups excluding carboxylic acids is 1. The van der Waals surface area contributed by atoms with Crippen LogP contribution in [0.1, 0.15) is 25.7 Å². The molecule has 5 nitrogen and oxygen atoms in total. The van der Waals surface area contributed by atoms with E-state index in [1.54, 1.807) is 0 Å². The molecule has 1 atom stereocenters. The molecule has 2 rings (SSSR count). The van der Waals surface area contributed by atoms with Crippen LogP contribution in [0.5, 0.6) is 0 Å². The van der Waals surface area contributed by atoms with Crippen LogP contribution in [0.2, 0.25) is 0 Å². The topological polar surface area (TPSA) is 66.5 Å². The Kier molecular flexibility index (Phi) is 3.21. The van der Waals surface area contributed by atoms with E-state index in [2.05, 4.69) is 5.32 Å². The van der Waals surface area contributed by atoms with Crippen LogP contribution in [0.15, 0.2) is 0 Å². The summed E-state index contributed by atoms with van der Waals surface area (Å²) >= 11 is 0. The number of hydrogen-bond donors (Lipinski definition) is 1. The van der Waals surface area contributed by atoms with Crippen molar-refractivity contribution in [3.8, 4) is 0 Å². The molecule has 0 aromatic rings. The Balaban J connectivity index is 1.86. The molecule has 1 heterocycles. The van der Waals surface area contributed by atoms with E-state index in [0.29, 0.717) is 13.1 Å². The first-order valence-electron chi connectivity index (χ1n) is 5.73. The summed E-state index contributed by atoms with van der Waals surface area (Å²) in [6.45, 7) is 1.05. The van der Waals surface area contributed by atoms with E-state index in [4.69, 9.17) is 0 Å². The molecule has 6 heteroatoms. The lowest BCUT2D eigenvalue weighted by Crippen LogP contribution is -2.43. The van der Waals surface area contributed by atoms with E-state index >= 15 is 0 Å². The first kappa shape index (κ1) is 11.9. The Labute approximate surface area is 96.2 Å². The molecule has 92 valence electrons. The summed E-state index contributed by atoms with van der Waals surface area (Å²) in [6.07, 6.45) is 4.92. The van der Waals surface area contributed by atoms with Crippen molar-refractivity contribution in [1.82, 2.24) is 9.62 Å². The number of nitrogens with zero attached hydrogens (tertiary/aromatic N) is 1. The predicted octanol–water partition coefficient (Wildman–Crippen LogP) is -0.0634. The Hall–Kier alpha value is -0.620. The Morgan fingerprint density at radius 3 is 2.62 bits per heavy atom. The summed E-state index contributed by atoms with van der Waals surface area (Å²) in [7, 11) is -3.12. The maximum Gasteiger partial charge on any atom is 0.223 e. The lowest BCUT2D eigenvalue weighted by molar-refractivity contribution is -0.122. The van der Waals surface area contributed by atoms with Gasteiger partial charge in [0, 0.05) is 25.0 Å². The van der Waals surface area contributed by atoms with Crippen molar-refractivity contribution in [2.75, 3.05) is 19.3 Å². The van der Waals surface area contributed by atoms with Gasteiger partial charge in [0.15, 0.2) is 0 Å². The van der Waals surface area contributed by atoms with Crippen LogP contribution in [0.4, 0.5) is 0 Å². The first-order chi connectivity index (χ1) is 7.48. The van der Waals surface area contributed by atoms with E-state index in [-0.39, 0.29) is 17.9 Å². The fourth-order valence-electron chi connectivity index (χ4n) is 2.16. The molecule has 0 spiro atoms. The minimum atomic E-state index is -3.12. The molecule has 1 amide bonds. The van der Waals surface area contributed by atoms with Crippen LogP contribution < -0.4 is 5.32 Å². The van der Waals surface area contributed by atoms with E-state index in [0.717, 1.165) is 25.7 Å². The maximum absolute atomic E-state index is 11.4. The van der Waals surface area contributed by atoms with Gasteiger partial charge >= 0.3 is 0 Å². The SMILES string of the molecule is CS(=O)(=O)N1CCCC1CNC(=O)C1CC1. The highest BCUT2D eigenvalue weighted by Gasteiger charge is 2.33. The number of rotatable bonds is 4. The highest BCUT2D eigenvalue weighted by atomic mass is 32.2. The van der Waals surface area contributed by atoms with Gasteiger partial charge in [-0.15, -0.1) is 0 Å². The molecule has 2 aliphatic rings. The highest BCUT2D eigenvalue weighted by Crippen LogP contribution is 2.29. The summed E-state index contributed by atoms with van der Waals surface area (Å²) in [5, 5.41) is 2.84. The van der Waals surface area contributed by atoms with Crippen molar-refractivity contribution in [2.45, 2.75) is 31.7 Å². The summed E-state index contributed by atoms with van der Waals surface area (Å²) < 4.78 is 24.4. The van der Waals surface area contributed by atoms with Crippen LogP contribution in [-0.2, 0) is 14.8 Å². The van der Waals surface area contributed by atoms with Gasteiger partial charge in [0.1, 0.15) is 0 Å². The molecule has 2 fully saturated rings. The van der Waals surface area contributed by atoms with Gasteiger partial charge in [-0.25, -0.2) is 8.42 Å². The average molecular weight is 246 g/mol. The lowest BCUT2D eigenvalue weighted by atomic mass is 10.2. The van der Waals surface area contributed by atoms with Crippen molar-refractivity contribution in [3.63, 3.8) is 0 Å². The number of hydrogen-bond acceptors (Lipinski definition) is 3. The van der Waals surface area contributed by atoms with Gasteiger partial charge in [0.25, 0.3) is 0 Å². The van der Waals surface area contributed by atoms with E-state index in [9.17, 15) is 13.2 Å². The number of carbonyl (C=O) groups is 1. The highest BCUT2D eigenvalue weighted by molar-refractivity contribution is 7.88. The summed E-state index contributed by atoms with van der Waals surface area (Å²) in [5.41, 5.74) is 0. The first-order valence-corrected chi connectivity index (χ1v) is 7.58. The number of amides is 1. The second kappa shape index (κ2) is 4.33. The average Bonchev–Trinajstić information content (AvgIpc) is 2.91. The zero-order valence-corrected chi connectivity index (χ0v) is 10.3. The molecule has 0 aromatic carbocycles. The quantitative estimate of drug-likeness (QED) is 0.755. The van der Waals surface area contributed by atoms with Crippen LogP contribution in [-0.4, -0.2) is 44.0 Å². The van der Waals surface area contributed by atoms with Crippen LogP contribution in [0.3, 0.4) is 0 Å². The van der Waals surface area contributed by atoms with Gasteiger partial charge in [0.2, 0.25) is 15.9 Å². The molecule has 1 unspecified atom stereocenters. The molecule has 1 saturated heterocycles. The normalized spacial score (nSPS) is 26.9. The molecule has 1 aliphatic heterocycles. The number of sulfonamides is 1. The van der Waals surface area contributed by atoms with Crippen LogP contribution in [0, 0.1) is 5.92 Å². The number of nitrogens with one attached hydrogen (secondary N) is 1. The monoisotopic (exact) mass is 246 g/mol. The van der Waals surface area contributed by atoms with Gasteiger partial charge in [-0.2, -0.15) is 4.31 Å². The smallest absolute Gasteiger partial charge is 0.223 e. The van der Waals surface area contributed by atoms with Crippen molar-refractivity contribution in [1.29, 1.82) is 0 Å². The third-order valence-electron chi connectivity index (χ3n) is 3.21. The van der Waals surface area contributed by atoms with Crippen molar-refractivity contribution in [2.24, 2.45) is 5.92 Å². The molecule has 1 aliphatic carbocycles. The largest absolute Gasteiger partial charge is 0.354 e. The Bertz CT molecular complexity index is 376. The molecule has 1 saturated carbocycles. The van der Waals surface area contributed by atoms with E-state index in [1.807, 2.05) is 0 Å². The molecule has 1 N–H and O–H groups in total. The minimum absolute atomic E-state index is 0.0438. The minimum Gasteiger partial charge on any atom is -0.354 e. The van der Waals surface area contributed by atoms with Gasteiger partial charge < -0.3 is 5.32 Å². The van der Waals surface area contributed by atoms with E-state index in [1.165, 1.54) is 10.6 Å². The van der Waals surface area contributed by atoms with Crippen molar-refractivity contribution >= 4 is 15.9 Å². The summed E-state index contributed by atoms with van der Waals surface area (Å²) in [6, 6.07) is -0.0438. The zero-order valence-electron chi connectivity index (χ0n) is 9.48. The molecular formula is C10H18N2O3S. The van der Waals surface area contributed by atoms with E-state index < -0.39 is 10.0 Å². The summed E-state index contributed by atoms with van der Waals surface area (Å²) in [5.74, 6) is 0.272. The fourth-order valence-corrected chi connectivity index (χ4v) is 3.34. The van der Waals surface area contributed by atoms with Crippen molar-refractivity contribution in [3.05, 3.63) is 0 Å². The second-order valence-corrected chi connectivity index (χ2v) is 6.62. The molecule has 0 aromatic heterocycles. The molecule has 0 radical (unpaired) electrons. The van der Waals surface area contributed by atoms with Crippen molar-refractivity contribution < 1.29 is 13.2 Å². The standard InChI is InChI=1S/C10H18N2O3S/c1-16(14,15)12-6-2-3-9(12)7-11-10(13)8-4-5-8/h8-9H,2-7H2,1H3,(H,11,13). The van der Waals surface area contributed by atoms with Gasteiger partial charge in [-0.05, 0) is 25.7 Å². The lowest BCUT2D eigenvalue weighted by Gasteiger charge is -2.22. The maximum atomic E-state index is 11.4. The molecular weight excluding hydrogens is 228 g/mol. The molecule has 16 heavy (non-hydrogen) atoms. The molecule has 0 bridgehead atoms. The zero-order chi connectivity index (χ0) is 11.8. The third kappa shape index (κ3) is 2.74.